The predicted molar refractivity (Wildman–Crippen MR) is 69.8 cm³/mol. The molecule has 1 heterocycles. The first-order chi connectivity index (χ1) is 8.52. The van der Waals surface area contributed by atoms with Crippen LogP contribution in [0.1, 0.15) is 31.9 Å². The number of halogens is 1. The molecule has 1 fully saturated rings. The third-order valence-corrected chi connectivity index (χ3v) is 3.97. The van der Waals surface area contributed by atoms with Crippen LogP contribution in [0.2, 0.25) is 0 Å². The van der Waals surface area contributed by atoms with Gasteiger partial charge in [-0.25, -0.2) is 4.39 Å². The van der Waals surface area contributed by atoms with Crippen LogP contribution in [0.5, 0.6) is 5.75 Å². The summed E-state index contributed by atoms with van der Waals surface area (Å²) in [6.45, 7) is 5.76. The number of likely N-dealkylation sites (tertiary alicyclic amines) is 1. The molecule has 3 atom stereocenters. The first kappa shape index (κ1) is 13.3. The summed E-state index contributed by atoms with van der Waals surface area (Å²) in [5.41, 5.74) is 6.35. The largest absolute Gasteiger partial charge is 0.508 e. The zero-order valence-corrected chi connectivity index (χ0v) is 10.9. The zero-order valence-electron chi connectivity index (χ0n) is 10.9. The van der Waals surface area contributed by atoms with Crippen molar-refractivity contribution < 1.29 is 9.50 Å². The van der Waals surface area contributed by atoms with Crippen LogP contribution in [0.15, 0.2) is 18.2 Å². The maximum atomic E-state index is 13.8. The Hall–Kier alpha value is -1.13. The van der Waals surface area contributed by atoms with Gasteiger partial charge in [0.05, 0.1) is 0 Å². The van der Waals surface area contributed by atoms with E-state index in [9.17, 15) is 9.50 Å². The molecule has 3 unspecified atom stereocenters. The van der Waals surface area contributed by atoms with Crippen molar-refractivity contribution in [1.29, 1.82) is 0 Å². The summed E-state index contributed by atoms with van der Waals surface area (Å²) in [6.07, 6.45) is 1.07. The fraction of sp³-hybridized carbons (Fsp3) is 0.571. The number of nitrogens with zero attached hydrogens (tertiary/aromatic N) is 1. The van der Waals surface area contributed by atoms with E-state index in [1.807, 2.05) is 6.92 Å². The number of phenols is 1. The van der Waals surface area contributed by atoms with Crippen LogP contribution in [-0.2, 0) is 0 Å². The van der Waals surface area contributed by atoms with Gasteiger partial charge in [-0.3, -0.25) is 4.90 Å². The van der Waals surface area contributed by atoms with Gasteiger partial charge in [-0.2, -0.15) is 0 Å². The number of benzene rings is 1. The SMILES string of the molecule is CC1CC(CN)CN1C(C)c1ccc(O)cc1F. The molecule has 0 radical (unpaired) electrons. The predicted octanol–water partition coefficient (Wildman–Crippen LogP) is 2.26. The molecule has 1 aromatic carbocycles. The average Bonchev–Trinajstić information content (AvgIpc) is 2.70. The standard InChI is InChI=1S/C14H21FN2O/c1-9-5-11(7-16)8-17(9)10(2)13-4-3-12(18)6-14(13)15/h3-4,6,9-11,18H,5,7-8,16H2,1-2H3. The minimum atomic E-state index is -0.342. The second-order valence-electron chi connectivity index (χ2n) is 5.27. The summed E-state index contributed by atoms with van der Waals surface area (Å²) in [5.74, 6) is 0.131. The summed E-state index contributed by atoms with van der Waals surface area (Å²) in [5, 5.41) is 9.25. The molecule has 100 valence electrons. The fourth-order valence-electron chi connectivity index (χ4n) is 2.91. The molecule has 1 aromatic rings. The van der Waals surface area contributed by atoms with Gasteiger partial charge in [0.1, 0.15) is 11.6 Å². The zero-order chi connectivity index (χ0) is 13.3. The Labute approximate surface area is 107 Å². The summed E-state index contributed by atoms with van der Waals surface area (Å²) in [6, 6.07) is 4.81. The molecule has 2 rings (SSSR count). The lowest BCUT2D eigenvalue weighted by atomic mass is 10.1. The second kappa shape index (κ2) is 5.24. The van der Waals surface area contributed by atoms with Gasteiger partial charge in [0.15, 0.2) is 0 Å². The van der Waals surface area contributed by atoms with E-state index in [1.165, 1.54) is 12.1 Å². The molecule has 0 bridgehead atoms. The Balaban J connectivity index is 2.18. The van der Waals surface area contributed by atoms with Gasteiger partial charge in [-0.15, -0.1) is 0 Å². The number of nitrogens with two attached hydrogens (primary N) is 1. The summed E-state index contributed by atoms with van der Waals surface area (Å²) >= 11 is 0. The highest BCUT2D eigenvalue weighted by molar-refractivity contribution is 5.29. The number of rotatable bonds is 3. The number of hydrogen-bond donors (Lipinski definition) is 2. The molecule has 3 N–H and O–H groups in total. The Bertz CT molecular complexity index is 424. The molecule has 0 saturated carbocycles. The van der Waals surface area contributed by atoms with E-state index in [0.29, 0.717) is 24.1 Å². The highest BCUT2D eigenvalue weighted by atomic mass is 19.1. The van der Waals surface area contributed by atoms with Crippen molar-refractivity contribution in [3.05, 3.63) is 29.6 Å². The van der Waals surface area contributed by atoms with Gasteiger partial charge in [0.2, 0.25) is 0 Å². The van der Waals surface area contributed by atoms with Crippen molar-refractivity contribution in [3.8, 4) is 5.75 Å². The number of hydrogen-bond acceptors (Lipinski definition) is 3. The van der Waals surface area contributed by atoms with Crippen molar-refractivity contribution in [3.63, 3.8) is 0 Å². The van der Waals surface area contributed by atoms with Gasteiger partial charge >= 0.3 is 0 Å². The Kier molecular flexibility index (Phi) is 3.88. The summed E-state index contributed by atoms with van der Waals surface area (Å²) < 4.78 is 13.8. The Morgan fingerprint density at radius 2 is 2.28 bits per heavy atom. The van der Waals surface area contributed by atoms with Gasteiger partial charge in [-0.1, -0.05) is 6.07 Å². The molecule has 0 spiro atoms. The van der Waals surface area contributed by atoms with E-state index in [0.717, 1.165) is 13.0 Å². The van der Waals surface area contributed by atoms with Crippen LogP contribution in [0.3, 0.4) is 0 Å². The third kappa shape index (κ3) is 2.49. The minimum Gasteiger partial charge on any atom is -0.508 e. The number of aromatic hydroxyl groups is 1. The maximum Gasteiger partial charge on any atom is 0.131 e. The minimum absolute atomic E-state index is 0.0112. The van der Waals surface area contributed by atoms with E-state index >= 15 is 0 Å². The summed E-state index contributed by atoms with van der Waals surface area (Å²) in [7, 11) is 0. The molecule has 1 aliphatic rings. The maximum absolute atomic E-state index is 13.8. The lowest BCUT2D eigenvalue weighted by Crippen LogP contribution is -2.31. The highest BCUT2D eigenvalue weighted by Gasteiger charge is 2.32. The molecular formula is C14H21FN2O. The molecule has 0 aliphatic carbocycles. The molecule has 3 nitrogen and oxygen atoms in total. The molecule has 4 heteroatoms. The monoisotopic (exact) mass is 252 g/mol. The van der Waals surface area contributed by atoms with E-state index in [4.69, 9.17) is 5.73 Å². The molecule has 0 aromatic heterocycles. The van der Waals surface area contributed by atoms with E-state index < -0.39 is 0 Å². The van der Waals surface area contributed by atoms with Gasteiger partial charge in [0, 0.05) is 30.3 Å². The van der Waals surface area contributed by atoms with Crippen molar-refractivity contribution in [2.24, 2.45) is 11.7 Å². The molecule has 1 aliphatic heterocycles. The van der Waals surface area contributed by atoms with Gasteiger partial charge in [0.25, 0.3) is 0 Å². The highest BCUT2D eigenvalue weighted by Crippen LogP contribution is 2.33. The smallest absolute Gasteiger partial charge is 0.131 e. The van der Waals surface area contributed by atoms with E-state index in [-0.39, 0.29) is 17.6 Å². The fourth-order valence-corrected chi connectivity index (χ4v) is 2.91. The van der Waals surface area contributed by atoms with Crippen LogP contribution < -0.4 is 5.73 Å². The van der Waals surface area contributed by atoms with Crippen LogP contribution in [0, 0.1) is 11.7 Å². The first-order valence-electron chi connectivity index (χ1n) is 6.47. The van der Waals surface area contributed by atoms with Crippen LogP contribution in [0.4, 0.5) is 4.39 Å². The van der Waals surface area contributed by atoms with Crippen molar-refractivity contribution >= 4 is 0 Å². The van der Waals surface area contributed by atoms with E-state index in [2.05, 4.69) is 11.8 Å². The van der Waals surface area contributed by atoms with Crippen LogP contribution >= 0.6 is 0 Å². The van der Waals surface area contributed by atoms with Crippen molar-refractivity contribution in [2.45, 2.75) is 32.4 Å². The quantitative estimate of drug-likeness (QED) is 0.867. The Morgan fingerprint density at radius 3 is 2.83 bits per heavy atom. The number of phenolic OH excluding ortho intramolecular Hbond substituents is 1. The molecule has 1 saturated heterocycles. The normalized spacial score (nSPS) is 26.4. The van der Waals surface area contributed by atoms with Crippen LogP contribution in [-0.4, -0.2) is 29.1 Å². The lowest BCUT2D eigenvalue weighted by Gasteiger charge is -2.29. The van der Waals surface area contributed by atoms with Crippen molar-refractivity contribution in [2.75, 3.05) is 13.1 Å². The third-order valence-electron chi connectivity index (χ3n) is 3.97. The van der Waals surface area contributed by atoms with Gasteiger partial charge in [-0.05, 0) is 38.8 Å². The average molecular weight is 252 g/mol. The molecule has 0 amide bonds. The summed E-state index contributed by atoms with van der Waals surface area (Å²) in [4.78, 5) is 2.28. The molecular weight excluding hydrogens is 231 g/mol. The molecule has 18 heavy (non-hydrogen) atoms. The van der Waals surface area contributed by atoms with Gasteiger partial charge < -0.3 is 10.8 Å². The van der Waals surface area contributed by atoms with E-state index in [1.54, 1.807) is 6.07 Å². The first-order valence-corrected chi connectivity index (χ1v) is 6.47. The van der Waals surface area contributed by atoms with Crippen molar-refractivity contribution in [1.82, 2.24) is 4.90 Å². The second-order valence-corrected chi connectivity index (χ2v) is 5.27. The lowest BCUT2D eigenvalue weighted by molar-refractivity contribution is 0.197. The van der Waals surface area contributed by atoms with Crippen LogP contribution in [0.25, 0.3) is 0 Å². The Morgan fingerprint density at radius 1 is 1.56 bits per heavy atom. The topological polar surface area (TPSA) is 49.5 Å².